The average Bonchev–Trinajstić information content (AvgIpc) is 3.23. The minimum Gasteiger partial charge on any atom is -0.468 e. The summed E-state index contributed by atoms with van der Waals surface area (Å²) in [6, 6.07) is 0. The molecule has 0 aromatic rings. The molecule has 0 aromatic heterocycles. The summed E-state index contributed by atoms with van der Waals surface area (Å²) in [5.41, 5.74) is -2.37. The minimum atomic E-state index is -4.55. The summed E-state index contributed by atoms with van der Waals surface area (Å²) in [6.07, 6.45) is -0.0268. The van der Waals surface area contributed by atoms with Gasteiger partial charge < -0.3 is 14.2 Å². The van der Waals surface area contributed by atoms with Gasteiger partial charge in [0.2, 0.25) is 0 Å². The molecule has 0 N–H and O–H groups in total. The van der Waals surface area contributed by atoms with E-state index in [2.05, 4.69) is 4.74 Å². The van der Waals surface area contributed by atoms with E-state index in [4.69, 9.17) is 9.47 Å². The molecule has 2 bridgehead atoms. The van der Waals surface area contributed by atoms with Crippen molar-refractivity contribution in [3.8, 4) is 0 Å². The highest BCUT2D eigenvalue weighted by atomic mass is 19.4. The zero-order chi connectivity index (χ0) is 20.0. The number of esters is 2. The third kappa shape index (κ3) is 5.34. The van der Waals surface area contributed by atoms with Crippen molar-refractivity contribution >= 4 is 11.9 Å². The third-order valence-electron chi connectivity index (χ3n) is 5.50. The van der Waals surface area contributed by atoms with Crippen LogP contribution in [0.2, 0.25) is 0 Å². The molecule has 0 aliphatic heterocycles. The predicted molar refractivity (Wildman–Crippen MR) is 88.0 cm³/mol. The molecule has 0 spiro atoms. The largest absolute Gasteiger partial charge is 0.468 e. The molecular formula is C18H29F3O5. The highest BCUT2D eigenvalue weighted by Crippen LogP contribution is 2.48. The SMILES string of the molecule is CCC(C)(C(=O)OC)C(F)(F)F.CCOCOC(=O)C1CC2CCC1C2. The van der Waals surface area contributed by atoms with Crippen molar-refractivity contribution < 1.29 is 37.0 Å². The van der Waals surface area contributed by atoms with Crippen molar-refractivity contribution in [3.63, 3.8) is 0 Å². The van der Waals surface area contributed by atoms with Crippen molar-refractivity contribution in [1.29, 1.82) is 0 Å². The molecule has 0 radical (unpaired) electrons. The molecule has 0 saturated heterocycles. The Morgan fingerprint density at radius 2 is 1.77 bits per heavy atom. The van der Waals surface area contributed by atoms with Crippen LogP contribution in [0.15, 0.2) is 0 Å². The second kappa shape index (κ2) is 9.58. The Kier molecular flexibility index (Phi) is 8.37. The number of halogens is 3. The smallest absolute Gasteiger partial charge is 0.404 e. The first-order valence-corrected chi connectivity index (χ1v) is 9.00. The molecule has 2 aliphatic rings. The van der Waals surface area contributed by atoms with Gasteiger partial charge in [0.1, 0.15) is 0 Å². The van der Waals surface area contributed by atoms with Gasteiger partial charge >= 0.3 is 18.1 Å². The first kappa shape index (κ1) is 22.7. The van der Waals surface area contributed by atoms with E-state index in [1.165, 1.54) is 26.2 Å². The molecule has 0 aromatic carbocycles. The molecule has 5 nitrogen and oxygen atoms in total. The number of carbonyl (C=O) groups is 2. The molecule has 2 rings (SSSR count). The fourth-order valence-corrected chi connectivity index (χ4v) is 3.51. The highest BCUT2D eigenvalue weighted by Gasteiger charge is 2.56. The molecule has 152 valence electrons. The van der Waals surface area contributed by atoms with Crippen LogP contribution in [0.4, 0.5) is 13.2 Å². The normalized spacial score (nSPS) is 26.5. The number of alkyl halides is 3. The second-order valence-electron chi connectivity index (χ2n) is 7.03. The van der Waals surface area contributed by atoms with Gasteiger partial charge in [0.25, 0.3) is 0 Å². The van der Waals surface area contributed by atoms with E-state index in [9.17, 15) is 22.8 Å². The number of fused-ring (bicyclic) bond motifs is 2. The van der Waals surface area contributed by atoms with Crippen LogP contribution in [0, 0.1) is 23.2 Å². The molecule has 8 heteroatoms. The van der Waals surface area contributed by atoms with Crippen LogP contribution in [-0.4, -0.2) is 38.6 Å². The van der Waals surface area contributed by atoms with Gasteiger partial charge in [-0.3, -0.25) is 9.59 Å². The number of hydrogen-bond donors (Lipinski definition) is 0. The summed E-state index contributed by atoms with van der Waals surface area (Å²) in [4.78, 5) is 22.4. The predicted octanol–water partition coefficient (Wildman–Crippen LogP) is 4.10. The van der Waals surface area contributed by atoms with E-state index in [1.54, 1.807) is 0 Å². The van der Waals surface area contributed by atoms with E-state index in [0.29, 0.717) is 12.5 Å². The average molecular weight is 382 g/mol. The Balaban J connectivity index is 0.000000265. The van der Waals surface area contributed by atoms with E-state index < -0.39 is 17.6 Å². The van der Waals surface area contributed by atoms with Crippen LogP contribution in [0.5, 0.6) is 0 Å². The lowest BCUT2D eigenvalue weighted by atomic mass is 9.87. The van der Waals surface area contributed by atoms with Crippen LogP contribution in [0.1, 0.15) is 52.9 Å². The van der Waals surface area contributed by atoms with Gasteiger partial charge in [-0.15, -0.1) is 0 Å². The van der Waals surface area contributed by atoms with Gasteiger partial charge in [-0.1, -0.05) is 13.3 Å². The van der Waals surface area contributed by atoms with Gasteiger partial charge in [0, 0.05) is 6.61 Å². The molecule has 4 unspecified atom stereocenters. The third-order valence-corrected chi connectivity index (χ3v) is 5.50. The maximum absolute atomic E-state index is 12.2. The summed E-state index contributed by atoms with van der Waals surface area (Å²) in [5.74, 6) is 0.302. The summed E-state index contributed by atoms with van der Waals surface area (Å²) >= 11 is 0. The number of rotatable bonds is 6. The first-order chi connectivity index (χ1) is 12.1. The van der Waals surface area contributed by atoms with E-state index >= 15 is 0 Å². The highest BCUT2D eigenvalue weighted by molar-refractivity contribution is 5.77. The molecule has 2 aliphatic carbocycles. The molecule has 0 heterocycles. The quantitative estimate of drug-likeness (QED) is 0.393. The molecular weight excluding hydrogens is 353 g/mol. The summed E-state index contributed by atoms with van der Waals surface area (Å²) in [6.45, 7) is 4.75. The lowest BCUT2D eigenvalue weighted by Crippen LogP contribution is -2.42. The molecule has 4 atom stereocenters. The maximum atomic E-state index is 12.2. The second-order valence-corrected chi connectivity index (χ2v) is 7.03. The van der Waals surface area contributed by atoms with Crippen molar-refractivity contribution in [2.75, 3.05) is 20.5 Å². The fraction of sp³-hybridized carbons (Fsp3) is 0.889. The molecule has 26 heavy (non-hydrogen) atoms. The Hall–Kier alpha value is -1.31. The number of methoxy groups -OCH3 is 1. The lowest BCUT2D eigenvalue weighted by Gasteiger charge is -2.27. The van der Waals surface area contributed by atoms with Gasteiger partial charge in [-0.2, -0.15) is 13.2 Å². The topological polar surface area (TPSA) is 61.8 Å². The van der Waals surface area contributed by atoms with Gasteiger partial charge in [-0.05, 0) is 51.4 Å². The van der Waals surface area contributed by atoms with Crippen LogP contribution in [0.3, 0.4) is 0 Å². The zero-order valence-electron chi connectivity index (χ0n) is 15.9. The van der Waals surface area contributed by atoms with Crippen molar-refractivity contribution in [2.45, 2.75) is 59.1 Å². The zero-order valence-corrected chi connectivity index (χ0v) is 15.9. The Morgan fingerprint density at radius 1 is 1.12 bits per heavy atom. The van der Waals surface area contributed by atoms with Crippen molar-refractivity contribution in [2.24, 2.45) is 23.2 Å². The minimum absolute atomic E-state index is 0.0364. The molecule has 0 amide bonds. The number of carbonyl (C=O) groups excluding carboxylic acids is 2. The van der Waals surface area contributed by atoms with Crippen LogP contribution in [0.25, 0.3) is 0 Å². The first-order valence-electron chi connectivity index (χ1n) is 9.00. The summed E-state index contributed by atoms with van der Waals surface area (Å²) < 4.78 is 50.9. The monoisotopic (exact) mass is 382 g/mol. The van der Waals surface area contributed by atoms with Gasteiger partial charge in [0.05, 0.1) is 13.0 Å². The summed E-state index contributed by atoms with van der Waals surface area (Å²) in [7, 11) is 0.946. The van der Waals surface area contributed by atoms with Crippen molar-refractivity contribution in [1.82, 2.24) is 0 Å². The van der Waals surface area contributed by atoms with Crippen LogP contribution < -0.4 is 0 Å². The Labute approximate surface area is 152 Å². The number of hydrogen-bond acceptors (Lipinski definition) is 5. The van der Waals surface area contributed by atoms with Crippen LogP contribution in [-0.2, 0) is 23.8 Å². The van der Waals surface area contributed by atoms with Crippen LogP contribution >= 0.6 is 0 Å². The summed E-state index contributed by atoms with van der Waals surface area (Å²) in [5, 5.41) is 0. The lowest BCUT2D eigenvalue weighted by molar-refractivity contribution is -0.229. The standard InChI is InChI=1S/C11H18O3.C7H11F3O2/c1-2-13-7-14-11(12)10-6-8-3-4-9(10)5-8;1-4-6(2,5(11)12-3)7(8,9)10/h8-10H,2-7H2,1H3;4H2,1-3H3. The Bertz CT molecular complexity index is 480. The van der Waals surface area contributed by atoms with E-state index in [0.717, 1.165) is 26.4 Å². The van der Waals surface area contributed by atoms with Gasteiger partial charge in [-0.25, -0.2) is 0 Å². The van der Waals surface area contributed by atoms with Crippen molar-refractivity contribution in [3.05, 3.63) is 0 Å². The van der Waals surface area contributed by atoms with E-state index in [1.807, 2.05) is 6.92 Å². The fourth-order valence-electron chi connectivity index (χ4n) is 3.51. The van der Waals surface area contributed by atoms with E-state index in [-0.39, 0.29) is 25.1 Å². The molecule has 2 saturated carbocycles. The molecule has 2 fully saturated rings. The Morgan fingerprint density at radius 3 is 2.12 bits per heavy atom. The van der Waals surface area contributed by atoms with Gasteiger partial charge in [0.15, 0.2) is 12.2 Å². The maximum Gasteiger partial charge on any atom is 0.404 e. The number of ether oxygens (including phenoxy) is 3.